The smallest absolute Gasteiger partial charge is 0.166 e. The molecule has 3 nitrogen and oxygen atoms in total. The minimum absolute atomic E-state index is 0.0871. The number of hydrogen-bond acceptors (Lipinski definition) is 3. The van der Waals surface area contributed by atoms with E-state index in [2.05, 4.69) is 0 Å². The van der Waals surface area contributed by atoms with E-state index in [9.17, 15) is 4.79 Å². The predicted octanol–water partition coefficient (Wildman–Crippen LogP) is 2.70. The number of benzene rings is 1. The Hall–Kier alpha value is -1.35. The monoisotopic (exact) mass is 235 g/mol. The normalized spacial score (nSPS) is 11.4. The van der Waals surface area contributed by atoms with Gasteiger partial charge >= 0.3 is 0 Å². The first-order valence-electron chi connectivity index (χ1n) is 5.80. The second kappa shape index (κ2) is 5.32. The lowest BCUT2D eigenvalue weighted by Crippen LogP contribution is -2.32. The molecule has 0 fully saturated rings. The Morgan fingerprint density at radius 3 is 2.59 bits per heavy atom. The van der Waals surface area contributed by atoms with Gasteiger partial charge in [-0.3, -0.25) is 4.79 Å². The van der Waals surface area contributed by atoms with Crippen LogP contribution in [0.2, 0.25) is 0 Å². The zero-order valence-corrected chi connectivity index (χ0v) is 11.0. The van der Waals surface area contributed by atoms with Gasteiger partial charge in [-0.1, -0.05) is 11.6 Å². The first kappa shape index (κ1) is 13.7. The maximum Gasteiger partial charge on any atom is 0.166 e. The molecule has 0 atom stereocenters. The van der Waals surface area contributed by atoms with Crippen LogP contribution in [0.1, 0.15) is 42.6 Å². The fourth-order valence-corrected chi connectivity index (χ4v) is 1.61. The lowest BCUT2D eigenvalue weighted by molar-refractivity contribution is 0.0969. The summed E-state index contributed by atoms with van der Waals surface area (Å²) in [5.41, 5.74) is 7.27. The van der Waals surface area contributed by atoms with Crippen molar-refractivity contribution in [2.24, 2.45) is 5.73 Å². The van der Waals surface area contributed by atoms with Crippen molar-refractivity contribution in [2.45, 2.75) is 39.2 Å². The Kier molecular flexibility index (Phi) is 4.29. The largest absolute Gasteiger partial charge is 0.496 e. The molecule has 1 rings (SSSR count). The molecule has 3 heteroatoms. The Labute approximate surface area is 103 Å². The summed E-state index contributed by atoms with van der Waals surface area (Å²) in [4.78, 5) is 12.1. The fraction of sp³-hybridized carbons (Fsp3) is 0.500. The summed E-state index contributed by atoms with van der Waals surface area (Å²) < 4.78 is 5.20. The molecule has 1 aromatic rings. The van der Waals surface area contributed by atoms with Gasteiger partial charge in [0.1, 0.15) is 5.75 Å². The molecule has 2 N–H and O–H groups in total. The topological polar surface area (TPSA) is 52.3 Å². The van der Waals surface area contributed by atoms with Gasteiger partial charge < -0.3 is 10.5 Å². The van der Waals surface area contributed by atoms with Crippen molar-refractivity contribution >= 4 is 5.78 Å². The molecule has 0 saturated heterocycles. The standard InChI is InChI=1S/C14H21NO2/c1-10-5-6-13(17-4)11(9-10)12(16)7-8-14(2,3)15/h5-6,9H,7-8,15H2,1-4H3. The molecule has 0 aromatic heterocycles. The van der Waals surface area contributed by atoms with Crippen LogP contribution in [-0.4, -0.2) is 18.4 Å². The zero-order valence-electron chi connectivity index (χ0n) is 11.0. The van der Waals surface area contributed by atoms with E-state index in [-0.39, 0.29) is 11.3 Å². The number of Topliss-reactive ketones (excluding diaryl/α,β-unsaturated/α-hetero) is 1. The van der Waals surface area contributed by atoms with Crippen molar-refractivity contribution in [3.05, 3.63) is 29.3 Å². The molecule has 0 aliphatic heterocycles. The molecule has 0 unspecified atom stereocenters. The molecule has 0 bridgehead atoms. The summed E-state index contributed by atoms with van der Waals surface area (Å²) >= 11 is 0. The second-order valence-electron chi connectivity index (χ2n) is 5.12. The van der Waals surface area contributed by atoms with E-state index in [1.807, 2.05) is 39.0 Å². The lowest BCUT2D eigenvalue weighted by Gasteiger charge is -2.17. The molecule has 0 aliphatic carbocycles. The molecular weight excluding hydrogens is 214 g/mol. The summed E-state index contributed by atoms with van der Waals surface area (Å²) in [7, 11) is 1.58. The van der Waals surface area contributed by atoms with Gasteiger partial charge in [0.15, 0.2) is 5.78 Å². The third kappa shape index (κ3) is 4.19. The number of aryl methyl sites for hydroxylation is 1. The highest BCUT2D eigenvalue weighted by Crippen LogP contribution is 2.22. The van der Waals surface area contributed by atoms with Gasteiger partial charge in [-0.25, -0.2) is 0 Å². The van der Waals surface area contributed by atoms with Gasteiger partial charge in [0.2, 0.25) is 0 Å². The lowest BCUT2D eigenvalue weighted by atomic mass is 9.95. The van der Waals surface area contributed by atoms with E-state index in [0.29, 0.717) is 24.2 Å². The molecule has 0 heterocycles. The van der Waals surface area contributed by atoms with Gasteiger partial charge in [-0.15, -0.1) is 0 Å². The van der Waals surface area contributed by atoms with Crippen molar-refractivity contribution in [2.75, 3.05) is 7.11 Å². The van der Waals surface area contributed by atoms with Crippen LogP contribution in [0.25, 0.3) is 0 Å². The van der Waals surface area contributed by atoms with Gasteiger partial charge in [0.25, 0.3) is 0 Å². The van der Waals surface area contributed by atoms with Crippen LogP contribution in [0.3, 0.4) is 0 Å². The number of hydrogen-bond donors (Lipinski definition) is 1. The summed E-state index contributed by atoms with van der Waals surface area (Å²) in [6.45, 7) is 5.81. The predicted molar refractivity (Wildman–Crippen MR) is 69.6 cm³/mol. The Morgan fingerprint density at radius 1 is 1.41 bits per heavy atom. The molecular formula is C14H21NO2. The van der Waals surface area contributed by atoms with Crippen LogP contribution in [0.15, 0.2) is 18.2 Å². The van der Waals surface area contributed by atoms with Crippen molar-refractivity contribution in [1.82, 2.24) is 0 Å². The zero-order chi connectivity index (χ0) is 13.1. The van der Waals surface area contributed by atoms with Crippen LogP contribution < -0.4 is 10.5 Å². The molecule has 0 radical (unpaired) electrons. The average Bonchev–Trinajstić information content (AvgIpc) is 2.25. The maximum atomic E-state index is 12.1. The molecule has 1 aromatic carbocycles. The number of ether oxygens (including phenoxy) is 1. The number of rotatable bonds is 5. The third-order valence-electron chi connectivity index (χ3n) is 2.65. The van der Waals surface area contributed by atoms with Crippen LogP contribution in [0.5, 0.6) is 5.75 Å². The Bertz CT molecular complexity index is 405. The fourth-order valence-electron chi connectivity index (χ4n) is 1.61. The highest BCUT2D eigenvalue weighted by Gasteiger charge is 2.17. The van der Waals surface area contributed by atoms with Gasteiger partial charge in [-0.2, -0.15) is 0 Å². The quantitative estimate of drug-likeness (QED) is 0.798. The Morgan fingerprint density at radius 2 is 2.06 bits per heavy atom. The minimum atomic E-state index is -0.313. The van der Waals surface area contributed by atoms with E-state index in [1.54, 1.807) is 7.11 Å². The van der Waals surface area contributed by atoms with Crippen LogP contribution in [0, 0.1) is 6.92 Å². The van der Waals surface area contributed by atoms with E-state index in [4.69, 9.17) is 10.5 Å². The maximum absolute atomic E-state index is 12.1. The van der Waals surface area contributed by atoms with E-state index >= 15 is 0 Å². The summed E-state index contributed by atoms with van der Waals surface area (Å²) in [5, 5.41) is 0. The molecule has 0 spiro atoms. The van der Waals surface area contributed by atoms with Crippen LogP contribution >= 0.6 is 0 Å². The van der Waals surface area contributed by atoms with Crippen molar-refractivity contribution in [1.29, 1.82) is 0 Å². The Balaban J connectivity index is 2.84. The highest BCUT2D eigenvalue weighted by molar-refractivity contribution is 5.98. The van der Waals surface area contributed by atoms with Crippen LogP contribution in [0.4, 0.5) is 0 Å². The molecule has 94 valence electrons. The minimum Gasteiger partial charge on any atom is -0.496 e. The molecule has 17 heavy (non-hydrogen) atoms. The first-order valence-corrected chi connectivity index (χ1v) is 5.80. The number of carbonyl (C=O) groups excluding carboxylic acids is 1. The summed E-state index contributed by atoms with van der Waals surface area (Å²) in [6, 6.07) is 5.63. The van der Waals surface area contributed by atoms with E-state index < -0.39 is 0 Å². The number of ketones is 1. The van der Waals surface area contributed by atoms with Crippen LogP contribution in [-0.2, 0) is 0 Å². The van der Waals surface area contributed by atoms with Crippen molar-refractivity contribution in [3.63, 3.8) is 0 Å². The van der Waals surface area contributed by atoms with Gasteiger partial charge in [0.05, 0.1) is 12.7 Å². The van der Waals surface area contributed by atoms with Crippen molar-refractivity contribution in [3.8, 4) is 5.75 Å². The molecule has 0 amide bonds. The highest BCUT2D eigenvalue weighted by atomic mass is 16.5. The number of nitrogens with two attached hydrogens (primary N) is 1. The van der Waals surface area contributed by atoms with E-state index in [1.165, 1.54) is 0 Å². The van der Waals surface area contributed by atoms with Gasteiger partial charge in [0, 0.05) is 12.0 Å². The molecule has 0 aliphatic rings. The third-order valence-corrected chi connectivity index (χ3v) is 2.65. The van der Waals surface area contributed by atoms with Crippen molar-refractivity contribution < 1.29 is 9.53 Å². The molecule has 0 saturated carbocycles. The average molecular weight is 235 g/mol. The second-order valence-corrected chi connectivity index (χ2v) is 5.12. The van der Waals surface area contributed by atoms with Gasteiger partial charge in [-0.05, 0) is 39.3 Å². The first-order chi connectivity index (χ1) is 7.83. The summed E-state index contributed by atoms with van der Waals surface area (Å²) in [5.74, 6) is 0.722. The summed E-state index contributed by atoms with van der Waals surface area (Å²) in [6.07, 6.45) is 1.12. The SMILES string of the molecule is COc1ccc(C)cc1C(=O)CCC(C)(C)N. The van der Waals surface area contributed by atoms with E-state index in [0.717, 1.165) is 5.56 Å². The number of methoxy groups -OCH3 is 1. The number of carbonyl (C=O) groups is 1.